The SMILES string of the molecule is Cc1ccc(-n2c(SCC(=O)N(C)Cc3ccco3)nnc2N2CCOCC2)cc1. The molecular weight excluding hydrogens is 402 g/mol. The Morgan fingerprint density at radius 3 is 2.63 bits per heavy atom. The molecule has 0 unspecified atom stereocenters. The van der Waals surface area contributed by atoms with Gasteiger partial charge in [-0.05, 0) is 31.2 Å². The second-order valence-electron chi connectivity index (χ2n) is 7.17. The van der Waals surface area contributed by atoms with Crippen molar-refractivity contribution in [1.82, 2.24) is 19.7 Å². The summed E-state index contributed by atoms with van der Waals surface area (Å²) in [5.74, 6) is 1.81. The Labute approximate surface area is 179 Å². The van der Waals surface area contributed by atoms with Crippen LogP contribution in [0.2, 0.25) is 0 Å². The van der Waals surface area contributed by atoms with Crippen LogP contribution in [0.5, 0.6) is 0 Å². The zero-order valence-electron chi connectivity index (χ0n) is 17.2. The fourth-order valence-electron chi connectivity index (χ4n) is 3.20. The van der Waals surface area contributed by atoms with E-state index < -0.39 is 0 Å². The van der Waals surface area contributed by atoms with Crippen molar-refractivity contribution in [2.45, 2.75) is 18.6 Å². The number of morpholine rings is 1. The van der Waals surface area contributed by atoms with E-state index in [1.165, 1.54) is 17.3 Å². The van der Waals surface area contributed by atoms with Crippen LogP contribution < -0.4 is 4.90 Å². The quantitative estimate of drug-likeness (QED) is 0.537. The Morgan fingerprint density at radius 1 is 1.17 bits per heavy atom. The highest BCUT2D eigenvalue weighted by molar-refractivity contribution is 7.99. The predicted octanol–water partition coefficient (Wildman–Crippen LogP) is 2.76. The summed E-state index contributed by atoms with van der Waals surface area (Å²) < 4.78 is 12.8. The molecule has 4 rings (SSSR count). The number of ether oxygens (including phenoxy) is 1. The highest BCUT2D eigenvalue weighted by Crippen LogP contribution is 2.27. The molecule has 1 saturated heterocycles. The van der Waals surface area contributed by atoms with Crippen LogP contribution in [0.15, 0.2) is 52.2 Å². The van der Waals surface area contributed by atoms with Crippen molar-refractivity contribution in [3.63, 3.8) is 0 Å². The van der Waals surface area contributed by atoms with Crippen LogP contribution in [0.1, 0.15) is 11.3 Å². The van der Waals surface area contributed by atoms with E-state index in [0.29, 0.717) is 24.9 Å². The number of hydrogen-bond acceptors (Lipinski definition) is 7. The molecule has 30 heavy (non-hydrogen) atoms. The van der Waals surface area contributed by atoms with Gasteiger partial charge in [-0.25, -0.2) is 0 Å². The lowest BCUT2D eigenvalue weighted by Crippen LogP contribution is -2.37. The fraction of sp³-hybridized carbons (Fsp3) is 0.381. The number of nitrogens with zero attached hydrogens (tertiary/aromatic N) is 5. The van der Waals surface area contributed by atoms with Crippen molar-refractivity contribution in [1.29, 1.82) is 0 Å². The summed E-state index contributed by atoms with van der Waals surface area (Å²) >= 11 is 1.39. The van der Waals surface area contributed by atoms with E-state index >= 15 is 0 Å². The number of aromatic nitrogens is 3. The minimum absolute atomic E-state index is 0.00257. The van der Waals surface area contributed by atoms with Gasteiger partial charge in [0.05, 0.1) is 37.5 Å². The third-order valence-corrected chi connectivity index (χ3v) is 5.84. The normalized spacial score (nSPS) is 14.1. The van der Waals surface area contributed by atoms with Crippen molar-refractivity contribution >= 4 is 23.6 Å². The first kappa shape index (κ1) is 20.5. The predicted molar refractivity (Wildman–Crippen MR) is 115 cm³/mol. The van der Waals surface area contributed by atoms with Crippen LogP contribution in [-0.4, -0.2) is 64.7 Å². The average Bonchev–Trinajstić information content (AvgIpc) is 3.43. The lowest BCUT2D eigenvalue weighted by molar-refractivity contribution is -0.127. The van der Waals surface area contributed by atoms with Crippen molar-refractivity contribution in [2.75, 3.05) is 44.0 Å². The van der Waals surface area contributed by atoms with Gasteiger partial charge in [-0.15, -0.1) is 10.2 Å². The second-order valence-corrected chi connectivity index (χ2v) is 8.11. The fourth-order valence-corrected chi connectivity index (χ4v) is 4.09. The molecule has 0 spiro atoms. The number of benzene rings is 1. The summed E-state index contributed by atoms with van der Waals surface area (Å²) in [7, 11) is 1.77. The Bertz CT molecular complexity index is 965. The first-order chi connectivity index (χ1) is 14.6. The molecule has 1 aliphatic rings. The molecule has 158 valence electrons. The highest BCUT2D eigenvalue weighted by atomic mass is 32.2. The average molecular weight is 428 g/mol. The number of amides is 1. The largest absolute Gasteiger partial charge is 0.467 e. The number of furan rings is 1. The molecule has 1 aromatic carbocycles. The molecule has 3 aromatic rings. The summed E-state index contributed by atoms with van der Waals surface area (Å²) in [5, 5.41) is 9.54. The monoisotopic (exact) mass is 427 g/mol. The molecule has 0 aliphatic carbocycles. The third kappa shape index (κ3) is 4.68. The molecule has 0 atom stereocenters. The maximum Gasteiger partial charge on any atom is 0.233 e. The van der Waals surface area contributed by atoms with Gasteiger partial charge in [0.1, 0.15) is 5.76 Å². The van der Waals surface area contributed by atoms with E-state index in [1.54, 1.807) is 18.2 Å². The molecule has 0 N–H and O–H groups in total. The maximum atomic E-state index is 12.6. The molecule has 2 aromatic heterocycles. The van der Waals surface area contributed by atoms with Gasteiger partial charge in [-0.3, -0.25) is 9.36 Å². The van der Waals surface area contributed by atoms with Gasteiger partial charge in [-0.1, -0.05) is 29.5 Å². The van der Waals surface area contributed by atoms with Gasteiger partial charge in [0, 0.05) is 20.1 Å². The zero-order chi connectivity index (χ0) is 20.9. The molecule has 0 radical (unpaired) electrons. The highest BCUT2D eigenvalue weighted by Gasteiger charge is 2.23. The Morgan fingerprint density at radius 2 is 1.93 bits per heavy atom. The first-order valence-corrected chi connectivity index (χ1v) is 10.8. The van der Waals surface area contributed by atoms with Crippen molar-refractivity contribution in [3.8, 4) is 5.69 Å². The maximum absolute atomic E-state index is 12.6. The lowest BCUT2D eigenvalue weighted by atomic mass is 10.2. The Hall–Kier alpha value is -2.78. The van der Waals surface area contributed by atoms with Crippen molar-refractivity contribution in [3.05, 3.63) is 54.0 Å². The van der Waals surface area contributed by atoms with Gasteiger partial charge in [0.15, 0.2) is 5.16 Å². The minimum atomic E-state index is 0.00257. The van der Waals surface area contributed by atoms with Gasteiger partial charge < -0.3 is 19.0 Å². The minimum Gasteiger partial charge on any atom is -0.467 e. The topological polar surface area (TPSA) is 76.6 Å². The molecular formula is C21H25N5O3S. The Kier molecular flexibility index (Phi) is 6.39. The van der Waals surface area contributed by atoms with Crippen LogP contribution in [0.25, 0.3) is 5.69 Å². The van der Waals surface area contributed by atoms with Crippen molar-refractivity contribution in [2.24, 2.45) is 0 Å². The molecule has 8 nitrogen and oxygen atoms in total. The second kappa shape index (κ2) is 9.36. The third-order valence-electron chi connectivity index (χ3n) is 4.93. The Balaban J connectivity index is 1.52. The lowest BCUT2D eigenvalue weighted by Gasteiger charge is -2.28. The van der Waals surface area contributed by atoms with E-state index in [4.69, 9.17) is 9.15 Å². The van der Waals surface area contributed by atoms with E-state index in [2.05, 4.69) is 46.3 Å². The number of carbonyl (C=O) groups excluding carboxylic acids is 1. The van der Waals surface area contributed by atoms with Crippen LogP contribution in [0.3, 0.4) is 0 Å². The van der Waals surface area contributed by atoms with Crippen LogP contribution in [0, 0.1) is 6.92 Å². The van der Waals surface area contributed by atoms with Gasteiger partial charge in [-0.2, -0.15) is 0 Å². The summed E-state index contributed by atoms with van der Waals surface area (Å²) in [6.07, 6.45) is 1.61. The summed E-state index contributed by atoms with van der Waals surface area (Å²) in [6.45, 7) is 5.36. The van der Waals surface area contributed by atoms with E-state index in [9.17, 15) is 4.79 Å². The van der Waals surface area contributed by atoms with Crippen molar-refractivity contribution < 1.29 is 13.9 Å². The van der Waals surface area contributed by atoms with Gasteiger partial charge in [0.2, 0.25) is 11.9 Å². The van der Waals surface area contributed by atoms with E-state index in [1.807, 2.05) is 16.7 Å². The number of thioether (sulfide) groups is 1. The molecule has 1 fully saturated rings. The molecule has 0 saturated carbocycles. The number of anilines is 1. The number of aryl methyl sites for hydroxylation is 1. The van der Waals surface area contributed by atoms with Crippen LogP contribution in [-0.2, 0) is 16.1 Å². The smallest absolute Gasteiger partial charge is 0.233 e. The van der Waals surface area contributed by atoms with Crippen LogP contribution in [0.4, 0.5) is 5.95 Å². The number of rotatable bonds is 7. The van der Waals surface area contributed by atoms with Gasteiger partial charge >= 0.3 is 0 Å². The zero-order valence-corrected chi connectivity index (χ0v) is 18.0. The number of carbonyl (C=O) groups is 1. The molecule has 1 amide bonds. The standard InChI is InChI=1S/C21H25N5O3S/c1-16-5-7-17(8-6-16)26-20(25-9-12-28-13-10-25)22-23-21(26)30-15-19(27)24(2)14-18-4-3-11-29-18/h3-8,11H,9-10,12-15H2,1-2H3. The summed E-state index contributed by atoms with van der Waals surface area (Å²) in [4.78, 5) is 16.4. The first-order valence-electron chi connectivity index (χ1n) is 9.86. The number of hydrogen-bond donors (Lipinski definition) is 0. The summed E-state index contributed by atoms with van der Waals surface area (Å²) in [6, 6.07) is 11.9. The molecule has 9 heteroatoms. The molecule has 1 aliphatic heterocycles. The summed E-state index contributed by atoms with van der Waals surface area (Å²) in [5.41, 5.74) is 2.16. The molecule has 3 heterocycles. The van der Waals surface area contributed by atoms with E-state index in [0.717, 1.165) is 30.5 Å². The van der Waals surface area contributed by atoms with E-state index in [-0.39, 0.29) is 11.7 Å². The van der Waals surface area contributed by atoms with Crippen LogP contribution >= 0.6 is 11.8 Å². The molecule has 0 bridgehead atoms. The van der Waals surface area contributed by atoms with Gasteiger partial charge in [0.25, 0.3) is 0 Å².